The van der Waals surface area contributed by atoms with Crippen molar-refractivity contribution >= 4 is 21.7 Å². The molecule has 23 heavy (non-hydrogen) atoms. The van der Waals surface area contributed by atoms with Crippen LogP contribution in [0.5, 0.6) is 23.0 Å². The Balaban J connectivity index is 1.85. The van der Waals surface area contributed by atoms with Gasteiger partial charge in [-0.1, -0.05) is 15.9 Å². The number of rotatable bonds is 5. The Labute approximate surface area is 142 Å². The molecule has 1 aliphatic rings. The molecule has 0 bridgehead atoms. The van der Waals surface area contributed by atoms with E-state index < -0.39 is 0 Å². The Morgan fingerprint density at radius 3 is 2.52 bits per heavy atom. The smallest absolute Gasteiger partial charge is 0.231 e. The minimum atomic E-state index is -0.0174. The molecule has 1 heterocycles. The molecule has 3 rings (SSSR count). The Kier molecular flexibility index (Phi) is 4.43. The van der Waals surface area contributed by atoms with Gasteiger partial charge in [0.25, 0.3) is 0 Å². The van der Waals surface area contributed by atoms with Gasteiger partial charge in [0, 0.05) is 16.5 Å². The van der Waals surface area contributed by atoms with Crippen molar-refractivity contribution in [2.75, 3.05) is 21.0 Å². The molecule has 2 aromatic rings. The van der Waals surface area contributed by atoms with Crippen molar-refractivity contribution in [3.05, 3.63) is 45.9 Å². The summed E-state index contributed by atoms with van der Waals surface area (Å²) in [5.41, 5.74) is 1.40. The van der Waals surface area contributed by atoms with Crippen LogP contribution in [-0.2, 0) is 6.42 Å². The summed E-state index contributed by atoms with van der Waals surface area (Å²) in [4.78, 5) is 12.5. The largest absolute Gasteiger partial charge is 0.493 e. The van der Waals surface area contributed by atoms with E-state index in [1.165, 1.54) is 0 Å². The second-order valence-electron chi connectivity index (χ2n) is 4.97. The lowest BCUT2D eigenvalue weighted by molar-refractivity contribution is 0.0992. The third-order valence-corrected chi connectivity index (χ3v) is 4.34. The predicted octanol–water partition coefficient (Wildman–Crippen LogP) is 3.62. The molecule has 2 aromatic carbocycles. The molecule has 0 spiro atoms. The van der Waals surface area contributed by atoms with Crippen LogP contribution < -0.4 is 18.9 Å². The lowest BCUT2D eigenvalue weighted by Gasteiger charge is -2.11. The average molecular weight is 379 g/mol. The third kappa shape index (κ3) is 3.12. The van der Waals surface area contributed by atoms with Gasteiger partial charge in [-0.05, 0) is 35.9 Å². The zero-order valence-electron chi connectivity index (χ0n) is 12.7. The summed E-state index contributed by atoms with van der Waals surface area (Å²) >= 11 is 3.47. The molecule has 6 heteroatoms. The quantitative estimate of drug-likeness (QED) is 0.743. The van der Waals surface area contributed by atoms with E-state index in [2.05, 4.69) is 15.9 Å². The van der Waals surface area contributed by atoms with E-state index in [1.54, 1.807) is 44.6 Å². The highest BCUT2D eigenvalue weighted by atomic mass is 79.9. The second-order valence-corrected chi connectivity index (χ2v) is 5.82. The van der Waals surface area contributed by atoms with Crippen LogP contribution in [0.25, 0.3) is 0 Å². The highest BCUT2D eigenvalue weighted by Crippen LogP contribution is 2.35. The molecule has 5 nitrogen and oxygen atoms in total. The fraction of sp³-hybridized carbons (Fsp3) is 0.235. The molecule has 0 N–H and O–H groups in total. The van der Waals surface area contributed by atoms with E-state index in [0.29, 0.717) is 28.6 Å². The van der Waals surface area contributed by atoms with E-state index in [9.17, 15) is 4.79 Å². The van der Waals surface area contributed by atoms with Gasteiger partial charge in [-0.3, -0.25) is 4.79 Å². The molecule has 120 valence electrons. The summed E-state index contributed by atoms with van der Waals surface area (Å²) in [6.45, 7) is 0.189. The first kappa shape index (κ1) is 15.7. The Morgan fingerprint density at radius 2 is 1.78 bits per heavy atom. The number of benzene rings is 2. The first-order valence-electron chi connectivity index (χ1n) is 6.95. The Morgan fingerprint density at radius 1 is 1.09 bits per heavy atom. The average Bonchev–Trinajstić information content (AvgIpc) is 3.03. The van der Waals surface area contributed by atoms with Crippen LogP contribution in [0.3, 0.4) is 0 Å². The molecular weight excluding hydrogens is 364 g/mol. The van der Waals surface area contributed by atoms with Crippen molar-refractivity contribution in [2.45, 2.75) is 6.42 Å². The van der Waals surface area contributed by atoms with Crippen LogP contribution in [0.1, 0.15) is 15.9 Å². The van der Waals surface area contributed by atoms with E-state index in [-0.39, 0.29) is 19.0 Å². The summed E-state index contributed by atoms with van der Waals surface area (Å²) in [6, 6.07) is 8.79. The first-order chi connectivity index (χ1) is 11.1. The second kappa shape index (κ2) is 6.50. The number of hydrogen-bond donors (Lipinski definition) is 0. The maximum Gasteiger partial charge on any atom is 0.231 e. The Bertz CT molecular complexity index is 757. The third-order valence-electron chi connectivity index (χ3n) is 3.60. The number of halogens is 1. The summed E-state index contributed by atoms with van der Waals surface area (Å²) < 4.78 is 21.9. The minimum Gasteiger partial charge on any atom is -0.493 e. The predicted molar refractivity (Wildman–Crippen MR) is 87.8 cm³/mol. The van der Waals surface area contributed by atoms with Crippen LogP contribution in [0.15, 0.2) is 34.8 Å². The number of carbonyl (C=O) groups excluding carboxylic acids is 1. The van der Waals surface area contributed by atoms with Gasteiger partial charge in [0.1, 0.15) is 0 Å². The minimum absolute atomic E-state index is 0.0174. The molecule has 0 aromatic heterocycles. The van der Waals surface area contributed by atoms with Crippen LogP contribution in [-0.4, -0.2) is 26.8 Å². The van der Waals surface area contributed by atoms with Gasteiger partial charge >= 0.3 is 0 Å². The van der Waals surface area contributed by atoms with Crippen molar-refractivity contribution in [3.8, 4) is 23.0 Å². The normalized spacial score (nSPS) is 12.1. The maximum atomic E-state index is 12.5. The molecule has 0 amide bonds. The lowest BCUT2D eigenvalue weighted by Crippen LogP contribution is -2.05. The molecule has 1 aliphatic heterocycles. The number of ketones is 1. The van der Waals surface area contributed by atoms with Crippen LogP contribution in [0.2, 0.25) is 0 Å². The van der Waals surface area contributed by atoms with Gasteiger partial charge in [-0.25, -0.2) is 0 Å². The van der Waals surface area contributed by atoms with E-state index >= 15 is 0 Å². The van der Waals surface area contributed by atoms with Crippen molar-refractivity contribution in [3.63, 3.8) is 0 Å². The van der Waals surface area contributed by atoms with Crippen LogP contribution in [0, 0.1) is 0 Å². The molecule has 0 radical (unpaired) electrons. The number of ether oxygens (including phenoxy) is 4. The summed E-state index contributed by atoms with van der Waals surface area (Å²) in [5, 5.41) is 0. The fourth-order valence-electron chi connectivity index (χ4n) is 2.38. The molecule has 0 saturated heterocycles. The molecular formula is C17H15BrO5. The standard InChI is InChI=1S/C17H15BrO5/c1-20-15-7-11(12(18)8-16(15)21-2)5-13(19)10-3-4-14-17(6-10)23-9-22-14/h3-4,6-8H,5,9H2,1-2H3. The van der Waals surface area contributed by atoms with E-state index in [1.807, 2.05) is 0 Å². The summed E-state index contributed by atoms with van der Waals surface area (Å²) in [5.74, 6) is 2.44. The summed E-state index contributed by atoms with van der Waals surface area (Å²) in [7, 11) is 3.14. The molecule has 0 aliphatic carbocycles. The van der Waals surface area contributed by atoms with Crippen molar-refractivity contribution in [1.29, 1.82) is 0 Å². The fourth-order valence-corrected chi connectivity index (χ4v) is 2.84. The van der Waals surface area contributed by atoms with Gasteiger partial charge in [0.05, 0.1) is 14.2 Å². The van der Waals surface area contributed by atoms with Gasteiger partial charge in [0.2, 0.25) is 6.79 Å². The number of fused-ring (bicyclic) bond motifs is 1. The summed E-state index contributed by atoms with van der Waals surface area (Å²) in [6.07, 6.45) is 0.237. The van der Waals surface area contributed by atoms with Crippen molar-refractivity contribution in [2.24, 2.45) is 0 Å². The van der Waals surface area contributed by atoms with E-state index in [4.69, 9.17) is 18.9 Å². The van der Waals surface area contributed by atoms with E-state index in [0.717, 1.165) is 10.0 Å². The monoisotopic (exact) mass is 378 g/mol. The van der Waals surface area contributed by atoms with Gasteiger partial charge in [-0.2, -0.15) is 0 Å². The van der Waals surface area contributed by atoms with Crippen molar-refractivity contribution in [1.82, 2.24) is 0 Å². The number of carbonyl (C=O) groups is 1. The number of hydrogen-bond acceptors (Lipinski definition) is 5. The Hall–Kier alpha value is -2.21. The number of Topliss-reactive ketones (excluding diaryl/α,β-unsaturated/α-hetero) is 1. The lowest BCUT2D eigenvalue weighted by atomic mass is 10.0. The van der Waals surface area contributed by atoms with Gasteiger partial charge in [-0.15, -0.1) is 0 Å². The SMILES string of the molecule is COc1cc(Br)c(CC(=O)c2ccc3c(c2)OCO3)cc1OC. The van der Waals surface area contributed by atoms with Crippen LogP contribution >= 0.6 is 15.9 Å². The number of methoxy groups -OCH3 is 2. The topological polar surface area (TPSA) is 54.0 Å². The zero-order chi connectivity index (χ0) is 16.4. The molecule has 0 saturated carbocycles. The first-order valence-corrected chi connectivity index (χ1v) is 7.75. The molecule has 0 atom stereocenters. The molecule has 0 fully saturated rings. The maximum absolute atomic E-state index is 12.5. The molecule has 0 unspecified atom stereocenters. The van der Waals surface area contributed by atoms with Gasteiger partial charge < -0.3 is 18.9 Å². The zero-order valence-corrected chi connectivity index (χ0v) is 14.3. The van der Waals surface area contributed by atoms with Crippen LogP contribution in [0.4, 0.5) is 0 Å². The van der Waals surface area contributed by atoms with Gasteiger partial charge in [0.15, 0.2) is 28.8 Å². The van der Waals surface area contributed by atoms with Crippen molar-refractivity contribution < 1.29 is 23.7 Å². The highest BCUT2D eigenvalue weighted by molar-refractivity contribution is 9.10. The highest BCUT2D eigenvalue weighted by Gasteiger charge is 2.18.